The molecule has 1 amide bonds. The van der Waals surface area contributed by atoms with Crippen LogP contribution in [0, 0.1) is 19.3 Å². The van der Waals surface area contributed by atoms with Crippen LogP contribution in [0.4, 0.5) is 5.69 Å². The van der Waals surface area contributed by atoms with Gasteiger partial charge in [-0.3, -0.25) is 14.5 Å². The van der Waals surface area contributed by atoms with E-state index in [1.54, 1.807) is 6.07 Å². The Kier molecular flexibility index (Phi) is 5.54. The molecule has 2 atom stereocenters. The number of fused-ring (bicyclic) bond motifs is 3. The number of amides is 1. The molecule has 3 aromatic rings. The quantitative estimate of drug-likeness (QED) is 0.629. The zero-order valence-electron chi connectivity index (χ0n) is 19.1. The van der Waals surface area contributed by atoms with Crippen molar-refractivity contribution in [2.75, 3.05) is 4.90 Å². The van der Waals surface area contributed by atoms with E-state index in [9.17, 15) is 14.7 Å². The Hall–Kier alpha value is -3.19. The van der Waals surface area contributed by atoms with Crippen molar-refractivity contribution in [3.63, 3.8) is 0 Å². The standard InChI is InChI=1S/C25H29N3O4/c1-15-16(2)27-12-11-19-20(30)13-21(28(17(3)29)22(19)23(27)26-15)32-24(31)25(4,5)14-18-9-7-6-8-10-18/h6-12,20-21,30H,13-14H2,1-5H3. The van der Waals surface area contributed by atoms with E-state index in [1.807, 2.05) is 68.6 Å². The van der Waals surface area contributed by atoms with E-state index in [0.29, 0.717) is 23.3 Å². The van der Waals surface area contributed by atoms with Gasteiger partial charge in [0.15, 0.2) is 11.9 Å². The number of anilines is 1. The second-order valence-electron chi connectivity index (χ2n) is 9.14. The third-order valence-corrected chi connectivity index (χ3v) is 6.21. The number of aliphatic hydroxyl groups excluding tert-OH is 1. The molecule has 0 aliphatic carbocycles. The number of esters is 1. The number of hydrogen-bond donors (Lipinski definition) is 1. The van der Waals surface area contributed by atoms with Crippen LogP contribution in [0.25, 0.3) is 5.65 Å². The Morgan fingerprint density at radius 2 is 1.88 bits per heavy atom. The molecule has 0 saturated carbocycles. The Bertz CT molecular complexity index is 1180. The highest BCUT2D eigenvalue weighted by Gasteiger charge is 2.41. The molecule has 0 saturated heterocycles. The van der Waals surface area contributed by atoms with Crippen molar-refractivity contribution >= 4 is 23.2 Å². The molecule has 7 heteroatoms. The molecule has 2 unspecified atom stereocenters. The lowest BCUT2D eigenvalue weighted by Gasteiger charge is -2.39. The number of rotatable bonds is 4. The molecule has 0 spiro atoms. The van der Waals surface area contributed by atoms with E-state index in [1.165, 1.54) is 11.8 Å². The minimum atomic E-state index is -0.916. The number of aliphatic hydroxyl groups is 1. The predicted molar refractivity (Wildman–Crippen MR) is 121 cm³/mol. The van der Waals surface area contributed by atoms with E-state index in [4.69, 9.17) is 4.74 Å². The second-order valence-corrected chi connectivity index (χ2v) is 9.14. The largest absolute Gasteiger partial charge is 0.441 e. The van der Waals surface area contributed by atoms with E-state index in [0.717, 1.165) is 17.0 Å². The molecule has 0 radical (unpaired) electrons. The monoisotopic (exact) mass is 435 g/mol. The zero-order chi connectivity index (χ0) is 23.2. The summed E-state index contributed by atoms with van der Waals surface area (Å²) >= 11 is 0. The predicted octanol–water partition coefficient (Wildman–Crippen LogP) is 3.88. The molecule has 1 aliphatic heterocycles. The molecule has 4 rings (SSSR count). The number of carbonyl (C=O) groups is 2. The lowest BCUT2D eigenvalue weighted by molar-refractivity contribution is -0.162. The van der Waals surface area contributed by atoms with Gasteiger partial charge in [0, 0.05) is 30.8 Å². The first kappa shape index (κ1) is 22.0. The van der Waals surface area contributed by atoms with Crippen molar-refractivity contribution in [2.24, 2.45) is 5.41 Å². The van der Waals surface area contributed by atoms with Crippen LogP contribution in [0.5, 0.6) is 0 Å². The Morgan fingerprint density at radius 1 is 1.19 bits per heavy atom. The number of pyridine rings is 1. The number of ether oxygens (including phenoxy) is 1. The van der Waals surface area contributed by atoms with Gasteiger partial charge < -0.3 is 14.2 Å². The number of aryl methyl sites for hydroxylation is 2. The van der Waals surface area contributed by atoms with Crippen molar-refractivity contribution < 1.29 is 19.4 Å². The van der Waals surface area contributed by atoms with Gasteiger partial charge in [-0.1, -0.05) is 30.3 Å². The Morgan fingerprint density at radius 3 is 2.53 bits per heavy atom. The molecule has 1 aromatic carbocycles. The maximum Gasteiger partial charge on any atom is 0.313 e. The van der Waals surface area contributed by atoms with Crippen LogP contribution in [-0.2, 0) is 20.7 Å². The minimum absolute atomic E-state index is 0.106. The molecule has 0 fully saturated rings. The summed E-state index contributed by atoms with van der Waals surface area (Å²) in [5, 5.41) is 10.9. The van der Waals surface area contributed by atoms with Crippen LogP contribution in [0.3, 0.4) is 0 Å². The average molecular weight is 436 g/mol. The smallest absolute Gasteiger partial charge is 0.313 e. The van der Waals surface area contributed by atoms with Crippen LogP contribution >= 0.6 is 0 Å². The number of hydrogen-bond acceptors (Lipinski definition) is 5. The first-order valence-corrected chi connectivity index (χ1v) is 10.8. The van der Waals surface area contributed by atoms with Crippen molar-refractivity contribution in [3.05, 3.63) is 65.1 Å². The fourth-order valence-electron chi connectivity index (χ4n) is 4.34. The molecule has 168 valence electrons. The normalized spacial score (nSPS) is 18.5. The van der Waals surface area contributed by atoms with Gasteiger partial charge in [0.2, 0.25) is 5.91 Å². The molecule has 3 heterocycles. The highest BCUT2D eigenvalue weighted by atomic mass is 16.6. The maximum atomic E-state index is 13.2. The van der Waals surface area contributed by atoms with Gasteiger partial charge in [-0.15, -0.1) is 0 Å². The SMILES string of the molecule is CC(=O)N1c2c(ccn3c(C)c(C)nc23)C(O)CC1OC(=O)C(C)(C)Cc1ccccc1. The molecule has 1 aliphatic rings. The lowest BCUT2D eigenvalue weighted by Crippen LogP contribution is -2.48. The molecular weight excluding hydrogens is 406 g/mol. The topological polar surface area (TPSA) is 84.1 Å². The molecule has 7 nitrogen and oxygen atoms in total. The summed E-state index contributed by atoms with van der Waals surface area (Å²) in [5.74, 6) is -0.695. The molecular formula is C25H29N3O4. The van der Waals surface area contributed by atoms with Gasteiger partial charge in [0.25, 0.3) is 0 Å². The third-order valence-electron chi connectivity index (χ3n) is 6.21. The van der Waals surface area contributed by atoms with Crippen LogP contribution in [-0.4, -0.2) is 32.6 Å². The minimum Gasteiger partial charge on any atom is -0.441 e. The maximum absolute atomic E-state index is 13.2. The van der Waals surface area contributed by atoms with Gasteiger partial charge in [-0.05, 0) is 45.7 Å². The summed E-state index contributed by atoms with van der Waals surface area (Å²) in [4.78, 5) is 32.0. The van der Waals surface area contributed by atoms with E-state index in [2.05, 4.69) is 4.98 Å². The van der Waals surface area contributed by atoms with Gasteiger partial charge >= 0.3 is 5.97 Å². The van der Waals surface area contributed by atoms with Crippen LogP contribution < -0.4 is 4.90 Å². The van der Waals surface area contributed by atoms with Crippen molar-refractivity contribution in [2.45, 2.75) is 59.8 Å². The number of carbonyl (C=O) groups excluding carboxylic acids is 2. The third kappa shape index (κ3) is 3.77. The van der Waals surface area contributed by atoms with Crippen LogP contribution in [0.2, 0.25) is 0 Å². The summed E-state index contributed by atoms with van der Waals surface area (Å²) in [7, 11) is 0. The Labute approximate surface area is 187 Å². The first-order valence-electron chi connectivity index (χ1n) is 10.8. The highest BCUT2D eigenvalue weighted by molar-refractivity contribution is 5.98. The van der Waals surface area contributed by atoms with E-state index < -0.39 is 23.7 Å². The van der Waals surface area contributed by atoms with E-state index >= 15 is 0 Å². The fourth-order valence-corrected chi connectivity index (χ4v) is 4.34. The van der Waals surface area contributed by atoms with E-state index in [-0.39, 0.29) is 12.3 Å². The highest BCUT2D eigenvalue weighted by Crippen LogP contribution is 2.41. The first-order chi connectivity index (χ1) is 15.1. The summed E-state index contributed by atoms with van der Waals surface area (Å²) in [6, 6.07) is 11.5. The number of nitrogens with zero attached hydrogens (tertiary/aromatic N) is 3. The van der Waals surface area contributed by atoms with Gasteiger partial charge in [-0.2, -0.15) is 0 Å². The van der Waals surface area contributed by atoms with Crippen molar-refractivity contribution in [1.29, 1.82) is 0 Å². The van der Waals surface area contributed by atoms with Gasteiger partial charge in [0.05, 0.1) is 22.9 Å². The lowest BCUT2D eigenvalue weighted by atomic mass is 9.86. The number of imidazole rings is 1. The summed E-state index contributed by atoms with van der Waals surface area (Å²) in [5.41, 5.74) is 3.67. The second kappa shape index (κ2) is 8.06. The van der Waals surface area contributed by atoms with Gasteiger partial charge in [0.1, 0.15) is 0 Å². The molecule has 32 heavy (non-hydrogen) atoms. The summed E-state index contributed by atoms with van der Waals surface area (Å²) in [6.45, 7) is 8.93. The van der Waals surface area contributed by atoms with Crippen molar-refractivity contribution in [1.82, 2.24) is 9.38 Å². The zero-order valence-corrected chi connectivity index (χ0v) is 19.1. The van der Waals surface area contributed by atoms with Crippen LogP contribution in [0.1, 0.15) is 55.8 Å². The average Bonchev–Trinajstić information content (AvgIpc) is 3.02. The van der Waals surface area contributed by atoms with Gasteiger partial charge in [-0.25, -0.2) is 4.98 Å². The molecule has 2 aromatic heterocycles. The van der Waals surface area contributed by atoms with Crippen molar-refractivity contribution in [3.8, 4) is 0 Å². The molecule has 0 bridgehead atoms. The van der Waals surface area contributed by atoms with Crippen LogP contribution in [0.15, 0.2) is 42.6 Å². The number of aromatic nitrogens is 2. The molecule has 1 N–H and O–H groups in total. The number of benzene rings is 1. The summed E-state index contributed by atoms with van der Waals surface area (Å²) < 4.78 is 7.77. The Balaban J connectivity index is 1.69. The summed E-state index contributed by atoms with van der Waals surface area (Å²) in [6.07, 6.45) is 0.662. The fraction of sp³-hybridized carbons (Fsp3) is 0.400.